The highest BCUT2D eigenvalue weighted by molar-refractivity contribution is 5.14. The molecule has 0 spiro atoms. The first-order valence-electron chi connectivity index (χ1n) is 6.69. The maximum absolute atomic E-state index is 5.17. The molecule has 0 N–H and O–H groups in total. The lowest BCUT2D eigenvalue weighted by molar-refractivity contribution is 0.109. The van der Waals surface area contributed by atoms with Gasteiger partial charge in [0.15, 0.2) is 5.82 Å². The summed E-state index contributed by atoms with van der Waals surface area (Å²) in [6, 6.07) is 10.5. The number of likely N-dealkylation sites (N-methyl/N-ethyl adjacent to an activating group) is 1. The summed E-state index contributed by atoms with van der Waals surface area (Å²) < 4.78 is 7.01. The summed E-state index contributed by atoms with van der Waals surface area (Å²) in [5, 5.41) is 12.0. The number of hydrogen-bond donors (Lipinski definition) is 0. The fraction of sp³-hybridized carbons (Fsp3) is 0.500. The van der Waals surface area contributed by atoms with Crippen LogP contribution in [0.3, 0.4) is 0 Å². The molecule has 1 atom stereocenters. The smallest absolute Gasteiger partial charge is 0.165 e. The van der Waals surface area contributed by atoms with E-state index in [1.807, 2.05) is 29.9 Å². The van der Waals surface area contributed by atoms with Crippen molar-refractivity contribution >= 4 is 0 Å². The zero-order chi connectivity index (χ0) is 14.4. The Balaban J connectivity index is 2.01. The molecule has 0 amide bonds. The molecule has 2 aromatic rings. The average Bonchev–Trinajstić information content (AvgIpc) is 2.87. The first-order chi connectivity index (χ1) is 9.70. The molecule has 0 aliphatic carbocycles. The first-order valence-corrected chi connectivity index (χ1v) is 6.69. The Labute approximate surface area is 119 Å². The van der Waals surface area contributed by atoms with Gasteiger partial charge in [0, 0.05) is 13.2 Å². The molecular weight excluding hydrogens is 254 g/mol. The van der Waals surface area contributed by atoms with E-state index in [2.05, 4.69) is 39.5 Å². The van der Waals surface area contributed by atoms with E-state index in [1.54, 1.807) is 7.11 Å². The van der Waals surface area contributed by atoms with Gasteiger partial charge in [-0.3, -0.25) is 4.90 Å². The van der Waals surface area contributed by atoms with Crippen LogP contribution in [0.5, 0.6) is 0 Å². The SMILES string of the molecule is COC[C@H](C)N(C)Cc1nnnn1Cc1ccccc1. The van der Waals surface area contributed by atoms with Crippen LogP contribution in [0.15, 0.2) is 30.3 Å². The van der Waals surface area contributed by atoms with Crippen LogP contribution in [-0.2, 0) is 17.8 Å². The van der Waals surface area contributed by atoms with E-state index in [-0.39, 0.29) is 0 Å². The summed E-state index contributed by atoms with van der Waals surface area (Å²) in [4.78, 5) is 2.18. The van der Waals surface area contributed by atoms with E-state index in [1.165, 1.54) is 5.56 Å². The molecule has 0 unspecified atom stereocenters. The predicted octanol–water partition coefficient (Wildman–Crippen LogP) is 1.19. The second-order valence-corrected chi connectivity index (χ2v) is 4.96. The molecule has 108 valence electrons. The summed E-state index contributed by atoms with van der Waals surface area (Å²) in [6.07, 6.45) is 0. The normalized spacial score (nSPS) is 12.8. The Hall–Kier alpha value is -1.79. The van der Waals surface area contributed by atoms with Gasteiger partial charge in [-0.15, -0.1) is 5.10 Å². The fourth-order valence-corrected chi connectivity index (χ4v) is 1.96. The Morgan fingerprint density at radius 1 is 1.30 bits per heavy atom. The number of methoxy groups -OCH3 is 1. The van der Waals surface area contributed by atoms with Crippen molar-refractivity contribution in [3.05, 3.63) is 41.7 Å². The highest BCUT2D eigenvalue weighted by Gasteiger charge is 2.14. The second-order valence-electron chi connectivity index (χ2n) is 4.96. The van der Waals surface area contributed by atoms with E-state index < -0.39 is 0 Å². The Kier molecular flexibility index (Phi) is 5.20. The molecule has 0 aliphatic heterocycles. The van der Waals surface area contributed by atoms with Gasteiger partial charge in [0.1, 0.15) is 0 Å². The van der Waals surface area contributed by atoms with Gasteiger partial charge in [-0.25, -0.2) is 4.68 Å². The maximum Gasteiger partial charge on any atom is 0.165 e. The lowest BCUT2D eigenvalue weighted by Crippen LogP contribution is -2.33. The third kappa shape index (κ3) is 3.85. The number of nitrogens with zero attached hydrogens (tertiary/aromatic N) is 5. The minimum atomic E-state index is 0.321. The van der Waals surface area contributed by atoms with Crippen LogP contribution in [0.1, 0.15) is 18.3 Å². The Morgan fingerprint density at radius 2 is 2.05 bits per heavy atom. The van der Waals surface area contributed by atoms with Gasteiger partial charge in [0.25, 0.3) is 0 Å². The van der Waals surface area contributed by atoms with Gasteiger partial charge < -0.3 is 4.74 Å². The Morgan fingerprint density at radius 3 is 2.75 bits per heavy atom. The molecule has 0 saturated heterocycles. The fourth-order valence-electron chi connectivity index (χ4n) is 1.96. The molecule has 6 nitrogen and oxygen atoms in total. The number of hydrogen-bond acceptors (Lipinski definition) is 5. The minimum Gasteiger partial charge on any atom is -0.383 e. The monoisotopic (exact) mass is 275 g/mol. The Bertz CT molecular complexity index is 513. The largest absolute Gasteiger partial charge is 0.383 e. The van der Waals surface area contributed by atoms with E-state index in [0.29, 0.717) is 25.7 Å². The molecule has 1 aromatic carbocycles. The lowest BCUT2D eigenvalue weighted by Gasteiger charge is -2.23. The van der Waals surface area contributed by atoms with Crippen molar-refractivity contribution in [3.8, 4) is 0 Å². The number of ether oxygens (including phenoxy) is 1. The summed E-state index contributed by atoms with van der Waals surface area (Å²) in [5.74, 6) is 0.860. The van der Waals surface area contributed by atoms with Crippen LogP contribution in [0.2, 0.25) is 0 Å². The first kappa shape index (κ1) is 14.6. The van der Waals surface area contributed by atoms with Gasteiger partial charge in [0.05, 0.1) is 19.7 Å². The number of rotatable bonds is 7. The van der Waals surface area contributed by atoms with Gasteiger partial charge in [0.2, 0.25) is 0 Å². The third-order valence-corrected chi connectivity index (χ3v) is 3.33. The van der Waals surface area contributed by atoms with E-state index in [0.717, 1.165) is 5.82 Å². The molecule has 6 heteroatoms. The molecule has 0 aliphatic rings. The van der Waals surface area contributed by atoms with Crippen molar-refractivity contribution in [1.82, 2.24) is 25.1 Å². The van der Waals surface area contributed by atoms with Crippen LogP contribution in [0.25, 0.3) is 0 Å². The highest BCUT2D eigenvalue weighted by atomic mass is 16.5. The van der Waals surface area contributed by atoms with Gasteiger partial charge in [-0.2, -0.15) is 0 Å². The zero-order valence-electron chi connectivity index (χ0n) is 12.2. The summed E-state index contributed by atoms with van der Waals surface area (Å²) in [5.41, 5.74) is 1.19. The van der Waals surface area contributed by atoms with Crippen LogP contribution in [-0.4, -0.2) is 51.9 Å². The van der Waals surface area contributed by atoms with E-state index in [4.69, 9.17) is 4.74 Å². The molecule has 2 rings (SSSR count). The van der Waals surface area contributed by atoms with E-state index >= 15 is 0 Å². The summed E-state index contributed by atoms with van der Waals surface area (Å²) in [6.45, 7) is 4.20. The molecule has 20 heavy (non-hydrogen) atoms. The van der Waals surface area contributed by atoms with Crippen LogP contribution in [0, 0.1) is 0 Å². The maximum atomic E-state index is 5.17. The predicted molar refractivity (Wildman–Crippen MR) is 76.2 cm³/mol. The topological polar surface area (TPSA) is 56.1 Å². The third-order valence-electron chi connectivity index (χ3n) is 3.33. The standard InChI is InChI=1S/C14H21N5O/c1-12(11-20-3)18(2)10-14-15-16-17-19(14)9-13-7-5-4-6-8-13/h4-8,12H,9-11H2,1-3H3/t12-/m0/s1. The van der Waals surface area contributed by atoms with Crippen LogP contribution in [0.4, 0.5) is 0 Å². The summed E-state index contributed by atoms with van der Waals surface area (Å²) >= 11 is 0. The van der Waals surface area contributed by atoms with Crippen molar-refractivity contribution in [2.24, 2.45) is 0 Å². The molecule has 1 aromatic heterocycles. The zero-order valence-corrected chi connectivity index (χ0v) is 12.2. The van der Waals surface area contributed by atoms with Crippen molar-refractivity contribution in [2.75, 3.05) is 20.8 Å². The van der Waals surface area contributed by atoms with Gasteiger partial charge >= 0.3 is 0 Å². The van der Waals surface area contributed by atoms with E-state index in [9.17, 15) is 0 Å². The quantitative estimate of drug-likeness (QED) is 0.759. The van der Waals surface area contributed by atoms with Gasteiger partial charge in [-0.05, 0) is 30.0 Å². The molecule has 0 fully saturated rings. The van der Waals surface area contributed by atoms with Gasteiger partial charge in [-0.1, -0.05) is 30.3 Å². The van der Waals surface area contributed by atoms with Crippen LogP contribution >= 0.6 is 0 Å². The summed E-state index contributed by atoms with van der Waals surface area (Å²) in [7, 11) is 3.76. The highest BCUT2D eigenvalue weighted by Crippen LogP contribution is 2.06. The van der Waals surface area contributed by atoms with Crippen LogP contribution < -0.4 is 0 Å². The minimum absolute atomic E-state index is 0.321. The number of tetrazole rings is 1. The molecule has 1 heterocycles. The van der Waals surface area contributed by atoms with Crippen molar-refractivity contribution in [1.29, 1.82) is 0 Å². The van der Waals surface area contributed by atoms with Crippen molar-refractivity contribution < 1.29 is 4.74 Å². The molecular formula is C14H21N5O. The molecule has 0 bridgehead atoms. The average molecular weight is 275 g/mol. The second kappa shape index (κ2) is 7.12. The van der Waals surface area contributed by atoms with Crippen molar-refractivity contribution in [3.63, 3.8) is 0 Å². The number of aromatic nitrogens is 4. The molecule has 0 saturated carbocycles. The number of benzene rings is 1. The van der Waals surface area contributed by atoms with Crippen molar-refractivity contribution in [2.45, 2.75) is 26.1 Å². The lowest BCUT2D eigenvalue weighted by atomic mass is 10.2. The molecule has 0 radical (unpaired) electrons.